The average molecular weight is 436 g/mol. The maximum Gasteiger partial charge on any atom is 0.249 e. The van der Waals surface area contributed by atoms with Crippen LogP contribution < -0.4 is 15.2 Å². The summed E-state index contributed by atoms with van der Waals surface area (Å²) in [5.41, 5.74) is 11.3. The molecular weight excluding hydrogens is 412 g/mol. The van der Waals surface area contributed by atoms with E-state index < -0.39 is 5.91 Å². The summed E-state index contributed by atoms with van der Waals surface area (Å²) in [5, 5.41) is 1.70. The number of nitrogens with two attached hydrogens (primary N) is 1. The topological polar surface area (TPSA) is 66.5 Å². The van der Waals surface area contributed by atoms with Crippen LogP contribution in [0.5, 0.6) is 11.5 Å². The molecule has 33 heavy (non-hydrogen) atoms. The van der Waals surface area contributed by atoms with Crippen LogP contribution in [0, 0.1) is 6.07 Å². The summed E-state index contributed by atoms with van der Waals surface area (Å²) in [6.45, 7) is 0.610. The van der Waals surface area contributed by atoms with Gasteiger partial charge in [-0.2, -0.15) is 0 Å². The van der Waals surface area contributed by atoms with E-state index in [0.717, 1.165) is 50.0 Å². The van der Waals surface area contributed by atoms with Gasteiger partial charge in [-0.25, -0.2) is 0 Å². The van der Waals surface area contributed by atoms with E-state index in [9.17, 15) is 4.79 Å². The summed E-state index contributed by atoms with van der Waals surface area (Å²) in [5.74, 6) is 1.16. The van der Waals surface area contributed by atoms with E-state index in [1.807, 2.05) is 60.7 Å². The predicted molar refractivity (Wildman–Crippen MR) is 131 cm³/mol. The van der Waals surface area contributed by atoms with Crippen LogP contribution in [-0.4, -0.2) is 24.7 Å². The van der Waals surface area contributed by atoms with Crippen LogP contribution in [0.4, 0.5) is 0 Å². The second-order valence-electron chi connectivity index (χ2n) is 7.88. The van der Waals surface area contributed by atoms with Crippen LogP contribution >= 0.6 is 0 Å². The minimum Gasteiger partial charge on any atom is -0.497 e. The Morgan fingerprint density at radius 1 is 0.879 bits per heavy atom. The van der Waals surface area contributed by atoms with E-state index in [0.29, 0.717) is 12.1 Å². The van der Waals surface area contributed by atoms with Gasteiger partial charge in [-0.05, 0) is 71.3 Å². The molecule has 0 saturated heterocycles. The van der Waals surface area contributed by atoms with E-state index in [-0.39, 0.29) is 0 Å². The standard InChI is InChI=1S/C28H23N2O3/c1-32-21-12-9-19(10-13-21)20-11-14-23-26(16-20)30(17-18-5-3-6-22(15-18)33-2)25-8-4-7-24(27(23)25)28(29)31/h3-13,15-16H,17H2,1-2H3,(H2,29,31). The molecule has 1 aromatic heterocycles. The van der Waals surface area contributed by atoms with Crippen molar-refractivity contribution in [1.82, 2.24) is 4.57 Å². The van der Waals surface area contributed by atoms with Crippen molar-refractivity contribution in [3.8, 4) is 22.6 Å². The van der Waals surface area contributed by atoms with Gasteiger partial charge in [0.15, 0.2) is 0 Å². The zero-order chi connectivity index (χ0) is 22.9. The van der Waals surface area contributed by atoms with Crippen LogP contribution in [0.1, 0.15) is 15.9 Å². The highest BCUT2D eigenvalue weighted by atomic mass is 16.5. The minimum atomic E-state index is -0.450. The highest BCUT2D eigenvalue weighted by Gasteiger charge is 2.17. The molecule has 5 heteroatoms. The highest BCUT2D eigenvalue weighted by Crippen LogP contribution is 2.35. The fourth-order valence-corrected chi connectivity index (χ4v) is 4.33. The third-order valence-electron chi connectivity index (χ3n) is 5.96. The molecule has 5 nitrogen and oxygen atoms in total. The summed E-state index contributed by atoms with van der Waals surface area (Å²) in [6.07, 6.45) is 0. The normalized spacial score (nSPS) is 11.1. The Labute approximate surface area is 192 Å². The molecule has 1 amide bonds. The van der Waals surface area contributed by atoms with Crippen molar-refractivity contribution in [3.63, 3.8) is 0 Å². The second-order valence-corrected chi connectivity index (χ2v) is 7.88. The first kappa shape index (κ1) is 20.6. The molecular formula is C28H23N2O3. The Morgan fingerprint density at radius 2 is 1.64 bits per heavy atom. The van der Waals surface area contributed by atoms with Crippen LogP contribution in [0.2, 0.25) is 0 Å². The Morgan fingerprint density at radius 3 is 2.36 bits per heavy atom. The number of carbonyl (C=O) groups is 1. The largest absolute Gasteiger partial charge is 0.497 e. The number of primary amides is 1. The number of carbonyl (C=O) groups excluding carboxylic acids is 1. The van der Waals surface area contributed by atoms with Gasteiger partial charge in [-0.3, -0.25) is 4.79 Å². The number of amides is 1. The van der Waals surface area contributed by atoms with Gasteiger partial charge < -0.3 is 19.8 Å². The molecule has 0 aliphatic carbocycles. The van der Waals surface area contributed by atoms with Crippen LogP contribution in [0.25, 0.3) is 32.9 Å². The zero-order valence-electron chi connectivity index (χ0n) is 18.5. The van der Waals surface area contributed by atoms with Gasteiger partial charge in [0.2, 0.25) is 5.91 Å². The Hall–Kier alpha value is -4.25. The maximum atomic E-state index is 12.2. The smallest absolute Gasteiger partial charge is 0.249 e. The van der Waals surface area contributed by atoms with E-state index in [4.69, 9.17) is 15.2 Å². The number of nitrogens with zero attached hydrogens (tertiary/aromatic N) is 1. The number of hydrogen-bond donors (Lipinski definition) is 1. The van der Waals surface area contributed by atoms with Crippen molar-refractivity contribution in [2.45, 2.75) is 6.54 Å². The number of hydrogen-bond acceptors (Lipinski definition) is 3. The van der Waals surface area contributed by atoms with E-state index in [1.54, 1.807) is 20.3 Å². The zero-order valence-corrected chi connectivity index (χ0v) is 18.5. The lowest BCUT2D eigenvalue weighted by Crippen LogP contribution is -2.11. The van der Waals surface area contributed by atoms with Crippen LogP contribution in [-0.2, 0) is 6.54 Å². The molecule has 0 bridgehead atoms. The SMILES string of the molecule is COc1ccc(-c2c[c]c3c4c(C(N)=O)cccc4n(Cc4cccc(OC)c4)c3c2)cc1. The molecule has 0 atom stereocenters. The Bertz CT molecular complexity index is 1480. The molecule has 4 aromatic carbocycles. The van der Waals surface area contributed by atoms with E-state index in [1.165, 1.54) is 0 Å². The number of fused-ring (bicyclic) bond motifs is 3. The molecule has 0 saturated carbocycles. The van der Waals surface area contributed by atoms with Crippen molar-refractivity contribution in [3.05, 3.63) is 96.1 Å². The molecule has 0 unspecified atom stereocenters. The number of rotatable bonds is 6. The van der Waals surface area contributed by atoms with Gasteiger partial charge in [0, 0.05) is 22.9 Å². The lowest BCUT2D eigenvalue weighted by atomic mass is 10.0. The monoisotopic (exact) mass is 435 g/mol. The Kier molecular flexibility index (Phi) is 5.23. The van der Waals surface area contributed by atoms with Crippen molar-refractivity contribution >= 4 is 27.7 Å². The highest BCUT2D eigenvalue weighted by molar-refractivity contribution is 6.18. The number of benzene rings is 4. The third-order valence-corrected chi connectivity index (χ3v) is 5.96. The van der Waals surface area contributed by atoms with Crippen molar-refractivity contribution in [2.75, 3.05) is 14.2 Å². The summed E-state index contributed by atoms with van der Waals surface area (Å²) >= 11 is 0. The predicted octanol–water partition coefficient (Wildman–Crippen LogP) is 5.43. The molecule has 5 aromatic rings. The summed E-state index contributed by atoms with van der Waals surface area (Å²) in [4.78, 5) is 12.2. The van der Waals surface area contributed by atoms with Gasteiger partial charge in [0.25, 0.3) is 0 Å². The van der Waals surface area contributed by atoms with Gasteiger partial charge in [-0.15, -0.1) is 0 Å². The molecule has 0 fully saturated rings. The summed E-state index contributed by atoms with van der Waals surface area (Å²) < 4.78 is 12.9. The van der Waals surface area contributed by atoms with E-state index >= 15 is 0 Å². The molecule has 2 N–H and O–H groups in total. The van der Waals surface area contributed by atoms with Gasteiger partial charge >= 0.3 is 0 Å². The molecule has 1 heterocycles. The minimum absolute atomic E-state index is 0.450. The summed E-state index contributed by atoms with van der Waals surface area (Å²) in [7, 11) is 3.32. The lowest BCUT2D eigenvalue weighted by molar-refractivity contribution is 0.100. The number of methoxy groups -OCH3 is 2. The van der Waals surface area contributed by atoms with Crippen LogP contribution in [0.15, 0.2) is 78.9 Å². The number of ether oxygens (including phenoxy) is 2. The van der Waals surface area contributed by atoms with Gasteiger partial charge in [0.05, 0.1) is 25.3 Å². The van der Waals surface area contributed by atoms with Gasteiger partial charge in [-0.1, -0.05) is 30.3 Å². The van der Waals surface area contributed by atoms with Crippen LogP contribution in [0.3, 0.4) is 0 Å². The fraction of sp³-hybridized carbons (Fsp3) is 0.107. The molecule has 0 aliphatic rings. The first-order valence-electron chi connectivity index (χ1n) is 10.6. The average Bonchev–Trinajstić information content (AvgIpc) is 3.17. The van der Waals surface area contributed by atoms with Gasteiger partial charge in [0.1, 0.15) is 11.5 Å². The number of aromatic nitrogens is 1. The summed E-state index contributed by atoms with van der Waals surface area (Å²) in [6, 6.07) is 29.1. The van der Waals surface area contributed by atoms with Crippen molar-refractivity contribution < 1.29 is 14.3 Å². The molecule has 163 valence electrons. The Balaban J connectivity index is 1.75. The first-order chi connectivity index (χ1) is 16.1. The van der Waals surface area contributed by atoms with Crippen molar-refractivity contribution in [2.24, 2.45) is 5.73 Å². The molecule has 5 rings (SSSR count). The first-order valence-corrected chi connectivity index (χ1v) is 10.6. The molecule has 1 radical (unpaired) electrons. The second kappa shape index (κ2) is 8.36. The maximum absolute atomic E-state index is 12.2. The third kappa shape index (κ3) is 3.68. The van der Waals surface area contributed by atoms with Crippen molar-refractivity contribution in [1.29, 1.82) is 0 Å². The lowest BCUT2D eigenvalue weighted by Gasteiger charge is -2.10. The molecule has 0 aliphatic heterocycles. The fourth-order valence-electron chi connectivity index (χ4n) is 4.33. The molecule has 0 spiro atoms. The van der Waals surface area contributed by atoms with E-state index in [2.05, 4.69) is 22.8 Å². The quantitative estimate of drug-likeness (QED) is 0.387.